The smallest absolute Gasteiger partial charge is 0.256 e. The number of fused-ring (bicyclic) bond motifs is 2. The number of hydrogen-bond acceptors (Lipinski definition) is 3. The van der Waals surface area contributed by atoms with Crippen LogP contribution < -0.4 is 10.6 Å². The van der Waals surface area contributed by atoms with Gasteiger partial charge >= 0.3 is 0 Å². The van der Waals surface area contributed by atoms with Crippen molar-refractivity contribution in [3.05, 3.63) is 82.3 Å². The number of furan rings is 1. The second kappa shape index (κ2) is 7.52. The number of para-hydroxylation sites is 1. The SMILES string of the molecule is Cc1ccc2c(c1)C(=Cc1oc3c(c1C(C)Nc1ccccc1)CCCC3)C(=O)N2. The molecular weight excluding hydrogens is 372 g/mol. The number of carbonyl (C=O) groups is 1. The van der Waals surface area contributed by atoms with Crippen LogP contribution in [-0.2, 0) is 17.6 Å². The molecule has 1 atom stereocenters. The fourth-order valence-corrected chi connectivity index (χ4v) is 4.63. The monoisotopic (exact) mass is 398 g/mol. The minimum atomic E-state index is -0.0698. The molecule has 1 aromatic heterocycles. The van der Waals surface area contributed by atoms with Crippen molar-refractivity contribution < 1.29 is 9.21 Å². The Hall–Kier alpha value is -3.27. The highest BCUT2D eigenvalue weighted by Gasteiger charge is 2.29. The van der Waals surface area contributed by atoms with Gasteiger partial charge in [-0.25, -0.2) is 0 Å². The molecule has 2 N–H and O–H groups in total. The molecule has 3 aromatic rings. The number of amides is 1. The molecule has 30 heavy (non-hydrogen) atoms. The van der Waals surface area contributed by atoms with Gasteiger partial charge in [-0.05, 0) is 69.0 Å². The summed E-state index contributed by atoms with van der Waals surface area (Å²) in [6, 6.07) is 16.4. The maximum atomic E-state index is 12.7. The normalized spacial score (nSPS) is 17.4. The Labute approximate surface area is 177 Å². The molecule has 1 unspecified atom stereocenters. The van der Waals surface area contributed by atoms with E-state index in [4.69, 9.17) is 4.42 Å². The molecule has 1 amide bonds. The van der Waals surface area contributed by atoms with Crippen LogP contribution >= 0.6 is 0 Å². The van der Waals surface area contributed by atoms with E-state index < -0.39 is 0 Å². The highest BCUT2D eigenvalue weighted by atomic mass is 16.3. The lowest BCUT2D eigenvalue weighted by atomic mass is 9.91. The Morgan fingerprint density at radius 1 is 1.10 bits per heavy atom. The van der Waals surface area contributed by atoms with E-state index >= 15 is 0 Å². The molecule has 0 spiro atoms. The van der Waals surface area contributed by atoms with E-state index in [9.17, 15) is 4.79 Å². The van der Waals surface area contributed by atoms with Gasteiger partial charge in [0.15, 0.2) is 0 Å². The van der Waals surface area contributed by atoms with Crippen molar-refractivity contribution in [2.45, 2.75) is 45.6 Å². The second-order valence-electron chi connectivity index (χ2n) is 8.28. The topological polar surface area (TPSA) is 54.3 Å². The molecule has 1 aliphatic carbocycles. The van der Waals surface area contributed by atoms with Crippen LogP contribution in [0.25, 0.3) is 11.6 Å². The summed E-state index contributed by atoms with van der Waals surface area (Å²) >= 11 is 0. The van der Waals surface area contributed by atoms with E-state index in [-0.39, 0.29) is 11.9 Å². The van der Waals surface area contributed by atoms with Gasteiger partial charge in [-0.2, -0.15) is 0 Å². The lowest BCUT2D eigenvalue weighted by Crippen LogP contribution is -2.11. The first-order valence-corrected chi connectivity index (χ1v) is 10.7. The molecule has 2 aromatic carbocycles. The first-order chi connectivity index (χ1) is 14.6. The molecule has 5 rings (SSSR count). The Morgan fingerprint density at radius 2 is 1.90 bits per heavy atom. The molecule has 0 radical (unpaired) electrons. The van der Waals surface area contributed by atoms with Crippen LogP contribution in [0.15, 0.2) is 52.9 Å². The third-order valence-corrected chi connectivity index (χ3v) is 6.06. The van der Waals surface area contributed by atoms with Crippen molar-refractivity contribution >= 4 is 28.9 Å². The average Bonchev–Trinajstić information content (AvgIpc) is 3.26. The maximum absolute atomic E-state index is 12.7. The van der Waals surface area contributed by atoms with E-state index in [0.29, 0.717) is 5.57 Å². The van der Waals surface area contributed by atoms with Crippen LogP contribution in [0.2, 0.25) is 0 Å². The quantitative estimate of drug-likeness (QED) is 0.520. The largest absolute Gasteiger partial charge is 0.461 e. The van der Waals surface area contributed by atoms with Gasteiger partial charge in [0, 0.05) is 28.9 Å². The van der Waals surface area contributed by atoms with Crippen molar-refractivity contribution in [2.75, 3.05) is 10.6 Å². The Balaban J connectivity index is 1.59. The molecule has 0 saturated carbocycles. The Bertz CT molecular complexity index is 1140. The summed E-state index contributed by atoms with van der Waals surface area (Å²) in [5, 5.41) is 6.59. The molecule has 4 nitrogen and oxygen atoms in total. The van der Waals surface area contributed by atoms with Gasteiger partial charge in [0.1, 0.15) is 11.5 Å². The molecule has 0 saturated heterocycles. The van der Waals surface area contributed by atoms with Crippen molar-refractivity contribution in [3.63, 3.8) is 0 Å². The predicted molar refractivity (Wildman–Crippen MR) is 122 cm³/mol. The third-order valence-electron chi connectivity index (χ3n) is 6.06. The van der Waals surface area contributed by atoms with Crippen LogP contribution in [0.5, 0.6) is 0 Å². The maximum Gasteiger partial charge on any atom is 0.256 e. The van der Waals surface area contributed by atoms with Crippen molar-refractivity contribution in [1.29, 1.82) is 0 Å². The van der Waals surface area contributed by atoms with Gasteiger partial charge < -0.3 is 15.1 Å². The van der Waals surface area contributed by atoms with E-state index in [1.807, 2.05) is 43.3 Å². The number of benzene rings is 2. The third kappa shape index (κ3) is 3.32. The highest BCUT2D eigenvalue weighted by molar-refractivity contribution is 6.34. The average molecular weight is 399 g/mol. The standard InChI is InChI=1S/C26H26N2O2/c1-16-12-13-22-20(14-16)21(26(29)28-22)15-24-25(19-10-6-7-11-23(19)30-24)17(2)27-18-8-4-3-5-9-18/h3-5,8-9,12-15,17,27H,6-7,10-11H2,1-2H3,(H,28,29). The molecule has 2 aliphatic rings. The zero-order valence-electron chi connectivity index (χ0n) is 17.4. The fourth-order valence-electron chi connectivity index (χ4n) is 4.63. The zero-order valence-corrected chi connectivity index (χ0v) is 17.4. The van der Waals surface area contributed by atoms with Gasteiger partial charge in [-0.1, -0.05) is 29.8 Å². The summed E-state index contributed by atoms with van der Waals surface area (Å²) in [5.41, 5.74) is 7.19. The van der Waals surface area contributed by atoms with Crippen LogP contribution in [0.3, 0.4) is 0 Å². The van der Waals surface area contributed by atoms with Crippen LogP contribution in [0.1, 0.15) is 59.6 Å². The molecule has 4 heteroatoms. The number of hydrogen-bond donors (Lipinski definition) is 2. The van der Waals surface area contributed by atoms with E-state index in [0.717, 1.165) is 53.3 Å². The second-order valence-corrected chi connectivity index (χ2v) is 8.28. The molecule has 0 fully saturated rings. The van der Waals surface area contributed by atoms with E-state index in [1.54, 1.807) is 0 Å². The highest BCUT2D eigenvalue weighted by Crippen LogP contribution is 2.39. The summed E-state index contributed by atoms with van der Waals surface area (Å²) in [5.74, 6) is 1.81. The van der Waals surface area contributed by atoms with Crippen LogP contribution in [-0.4, -0.2) is 5.91 Å². The number of anilines is 2. The molecule has 2 heterocycles. The van der Waals surface area contributed by atoms with Gasteiger partial charge in [-0.3, -0.25) is 4.79 Å². The van der Waals surface area contributed by atoms with Crippen LogP contribution in [0, 0.1) is 6.92 Å². The van der Waals surface area contributed by atoms with Crippen molar-refractivity contribution in [3.8, 4) is 0 Å². The molecule has 0 bridgehead atoms. The molecule has 1 aliphatic heterocycles. The lowest BCUT2D eigenvalue weighted by Gasteiger charge is -2.18. The minimum Gasteiger partial charge on any atom is -0.461 e. The lowest BCUT2D eigenvalue weighted by molar-refractivity contribution is -0.110. The summed E-state index contributed by atoms with van der Waals surface area (Å²) in [6.45, 7) is 4.21. The van der Waals surface area contributed by atoms with Gasteiger partial charge in [0.05, 0.1) is 11.6 Å². The fraction of sp³-hybridized carbons (Fsp3) is 0.269. The first kappa shape index (κ1) is 18.7. The molecule has 152 valence electrons. The van der Waals surface area contributed by atoms with E-state index in [1.165, 1.54) is 17.5 Å². The number of aryl methyl sites for hydroxylation is 2. The van der Waals surface area contributed by atoms with Gasteiger partial charge in [0.2, 0.25) is 0 Å². The Kier molecular flexibility index (Phi) is 4.70. The summed E-state index contributed by atoms with van der Waals surface area (Å²) in [4.78, 5) is 12.7. The van der Waals surface area contributed by atoms with Crippen LogP contribution in [0.4, 0.5) is 11.4 Å². The number of carbonyl (C=O) groups excluding carboxylic acids is 1. The predicted octanol–water partition coefficient (Wildman–Crippen LogP) is 6.13. The number of nitrogens with one attached hydrogen (secondary N) is 2. The Morgan fingerprint density at radius 3 is 2.73 bits per heavy atom. The van der Waals surface area contributed by atoms with Gasteiger partial charge in [-0.15, -0.1) is 0 Å². The summed E-state index contributed by atoms with van der Waals surface area (Å²) < 4.78 is 6.36. The first-order valence-electron chi connectivity index (χ1n) is 10.7. The van der Waals surface area contributed by atoms with Crippen molar-refractivity contribution in [1.82, 2.24) is 0 Å². The number of rotatable bonds is 4. The minimum absolute atomic E-state index is 0.0698. The van der Waals surface area contributed by atoms with E-state index in [2.05, 4.69) is 35.8 Å². The van der Waals surface area contributed by atoms with Crippen molar-refractivity contribution in [2.24, 2.45) is 0 Å². The summed E-state index contributed by atoms with van der Waals surface area (Å²) in [7, 11) is 0. The zero-order chi connectivity index (χ0) is 20.7. The summed E-state index contributed by atoms with van der Waals surface area (Å²) in [6.07, 6.45) is 6.26. The van der Waals surface area contributed by atoms with Gasteiger partial charge in [0.25, 0.3) is 5.91 Å². The molecular formula is C26H26N2O2.